The molecule has 1 aromatic carbocycles. The predicted octanol–water partition coefficient (Wildman–Crippen LogP) is 2.44. The normalized spacial score (nSPS) is 10.8. The summed E-state index contributed by atoms with van der Waals surface area (Å²) in [4.78, 5) is 10.5. The van der Waals surface area contributed by atoms with Crippen molar-refractivity contribution in [2.24, 2.45) is 0 Å². The van der Waals surface area contributed by atoms with Crippen molar-refractivity contribution in [2.45, 2.75) is 6.54 Å². The standard InChI is InChI=1S/C14H14N4O/c1-18(9-10-3-2-6-16-8-10)14-17-12-5-4-11(15)7-13(12)19-14/h2-8H,9,15H2,1H3. The molecule has 96 valence electrons. The van der Waals surface area contributed by atoms with Crippen LogP contribution in [0.15, 0.2) is 47.1 Å². The van der Waals surface area contributed by atoms with E-state index in [1.807, 2.05) is 42.4 Å². The summed E-state index contributed by atoms with van der Waals surface area (Å²) in [5.74, 6) is 0. The first-order chi connectivity index (χ1) is 9.22. The molecule has 0 aliphatic heterocycles. The number of nitrogen functional groups attached to an aromatic ring is 1. The van der Waals surface area contributed by atoms with E-state index in [4.69, 9.17) is 10.2 Å². The topological polar surface area (TPSA) is 68.2 Å². The number of aromatic nitrogens is 2. The molecule has 5 heteroatoms. The van der Waals surface area contributed by atoms with Crippen molar-refractivity contribution in [2.75, 3.05) is 17.7 Å². The van der Waals surface area contributed by atoms with Crippen LogP contribution >= 0.6 is 0 Å². The third kappa shape index (κ3) is 2.35. The van der Waals surface area contributed by atoms with E-state index in [2.05, 4.69) is 9.97 Å². The van der Waals surface area contributed by atoms with Crippen LogP contribution in [0.25, 0.3) is 11.1 Å². The molecule has 0 fully saturated rings. The Morgan fingerprint density at radius 2 is 2.21 bits per heavy atom. The number of hydrogen-bond acceptors (Lipinski definition) is 5. The van der Waals surface area contributed by atoms with Gasteiger partial charge in [0.15, 0.2) is 5.58 Å². The van der Waals surface area contributed by atoms with Crippen molar-refractivity contribution in [1.29, 1.82) is 0 Å². The lowest BCUT2D eigenvalue weighted by atomic mass is 10.3. The molecule has 0 bridgehead atoms. The summed E-state index contributed by atoms with van der Waals surface area (Å²) < 4.78 is 5.70. The molecule has 0 aliphatic rings. The van der Waals surface area contributed by atoms with Gasteiger partial charge in [0.1, 0.15) is 5.52 Å². The van der Waals surface area contributed by atoms with Crippen LogP contribution in [0.3, 0.4) is 0 Å². The highest BCUT2D eigenvalue weighted by molar-refractivity contribution is 5.78. The molecule has 2 heterocycles. The third-order valence-electron chi connectivity index (χ3n) is 2.87. The Morgan fingerprint density at radius 1 is 1.32 bits per heavy atom. The molecule has 0 saturated heterocycles. The Morgan fingerprint density at radius 3 is 3.00 bits per heavy atom. The molecule has 5 nitrogen and oxygen atoms in total. The summed E-state index contributed by atoms with van der Waals surface area (Å²) >= 11 is 0. The van der Waals surface area contributed by atoms with Crippen LogP contribution in [0.5, 0.6) is 0 Å². The van der Waals surface area contributed by atoms with Gasteiger partial charge in [0.2, 0.25) is 0 Å². The quantitative estimate of drug-likeness (QED) is 0.727. The zero-order valence-electron chi connectivity index (χ0n) is 10.6. The number of nitrogens with two attached hydrogens (primary N) is 1. The zero-order valence-corrected chi connectivity index (χ0v) is 10.6. The molecule has 0 amide bonds. The number of nitrogens with zero attached hydrogens (tertiary/aromatic N) is 3. The van der Waals surface area contributed by atoms with E-state index in [9.17, 15) is 0 Å². The first kappa shape index (κ1) is 11.5. The van der Waals surface area contributed by atoms with Crippen LogP contribution in [0.4, 0.5) is 11.7 Å². The minimum atomic E-state index is 0.574. The molecule has 0 spiro atoms. The minimum absolute atomic E-state index is 0.574. The average molecular weight is 254 g/mol. The van der Waals surface area contributed by atoms with Crippen molar-refractivity contribution < 1.29 is 4.42 Å². The molecule has 2 aromatic heterocycles. The number of benzene rings is 1. The predicted molar refractivity (Wildman–Crippen MR) is 74.8 cm³/mol. The van der Waals surface area contributed by atoms with Crippen LogP contribution in [-0.4, -0.2) is 17.0 Å². The zero-order chi connectivity index (χ0) is 13.2. The number of pyridine rings is 1. The maximum atomic E-state index is 5.72. The Labute approximate surface area is 110 Å². The van der Waals surface area contributed by atoms with Gasteiger partial charge in [-0.1, -0.05) is 6.07 Å². The molecule has 3 rings (SSSR count). The molecular weight excluding hydrogens is 240 g/mol. The Hall–Kier alpha value is -2.56. The van der Waals surface area contributed by atoms with E-state index in [-0.39, 0.29) is 0 Å². The second-order valence-electron chi connectivity index (χ2n) is 4.44. The second-order valence-corrected chi connectivity index (χ2v) is 4.44. The highest BCUT2D eigenvalue weighted by Crippen LogP contribution is 2.23. The first-order valence-electron chi connectivity index (χ1n) is 5.98. The highest BCUT2D eigenvalue weighted by Gasteiger charge is 2.10. The minimum Gasteiger partial charge on any atom is -0.423 e. The van der Waals surface area contributed by atoms with E-state index < -0.39 is 0 Å². The second kappa shape index (κ2) is 4.61. The van der Waals surface area contributed by atoms with Crippen LogP contribution in [0, 0.1) is 0 Å². The summed E-state index contributed by atoms with van der Waals surface area (Å²) in [6.07, 6.45) is 3.59. The summed E-state index contributed by atoms with van der Waals surface area (Å²) in [5, 5.41) is 0. The fraction of sp³-hybridized carbons (Fsp3) is 0.143. The Bertz CT molecular complexity index is 693. The number of anilines is 2. The SMILES string of the molecule is CN(Cc1cccnc1)c1nc2ccc(N)cc2o1. The van der Waals surface area contributed by atoms with Gasteiger partial charge in [0.25, 0.3) is 6.01 Å². The summed E-state index contributed by atoms with van der Waals surface area (Å²) in [7, 11) is 1.93. The van der Waals surface area contributed by atoms with Crippen LogP contribution in [-0.2, 0) is 6.54 Å². The number of fused-ring (bicyclic) bond motifs is 1. The maximum Gasteiger partial charge on any atom is 0.298 e. The Kier molecular flexibility index (Phi) is 2.79. The molecular formula is C14H14N4O. The van der Waals surface area contributed by atoms with Crippen LogP contribution < -0.4 is 10.6 Å². The van der Waals surface area contributed by atoms with Gasteiger partial charge >= 0.3 is 0 Å². The van der Waals surface area contributed by atoms with E-state index in [0.29, 0.717) is 23.8 Å². The van der Waals surface area contributed by atoms with Gasteiger partial charge in [-0.05, 0) is 23.8 Å². The third-order valence-corrected chi connectivity index (χ3v) is 2.87. The summed E-state index contributed by atoms with van der Waals surface area (Å²) in [5.41, 5.74) is 9.01. The molecule has 0 saturated carbocycles. The molecule has 0 radical (unpaired) electrons. The lowest BCUT2D eigenvalue weighted by Crippen LogP contribution is -2.16. The van der Waals surface area contributed by atoms with Gasteiger partial charge in [-0.3, -0.25) is 4.98 Å². The first-order valence-corrected chi connectivity index (χ1v) is 5.98. The average Bonchev–Trinajstić information content (AvgIpc) is 2.83. The van der Waals surface area contributed by atoms with Crippen LogP contribution in [0.2, 0.25) is 0 Å². The number of rotatable bonds is 3. The molecule has 0 unspecified atom stereocenters. The van der Waals surface area contributed by atoms with Crippen molar-refractivity contribution in [1.82, 2.24) is 9.97 Å². The fourth-order valence-corrected chi connectivity index (χ4v) is 1.93. The van der Waals surface area contributed by atoms with Gasteiger partial charge in [-0.25, -0.2) is 0 Å². The summed E-state index contributed by atoms with van der Waals surface area (Å²) in [6.45, 7) is 0.691. The fourth-order valence-electron chi connectivity index (χ4n) is 1.93. The maximum absolute atomic E-state index is 5.72. The van der Waals surface area contributed by atoms with Crippen molar-refractivity contribution >= 4 is 22.8 Å². The lowest BCUT2D eigenvalue weighted by molar-refractivity contribution is 0.582. The molecule has 19 heavy (non-hydrogen) atoms. The number of hydrogen-bond donors (Lipinski definition) is 1. The molecule has 0 aliphatic carbocycles. The van der Waals surface area contributed by atoms with Gasteiger partial charge in [0.05, 0.1) is 0 Å². The van der Waals surface area contributed by atoms with Gasteiger partial charge in [-0.2, -0.15) is 4.98 Å². The van der Waals surface area contributed by atoms with Crippen molar-refractivity contribution in [3.05, 3.63) is 48.3 Å². The van der Waals surface area contributed by atoms with Gasteiger partial charge in [0, 0.05) is 37.7 Å². The molecule has 2 N–H and O–H groups in total. The summed E-state index contributed by atoms with van der Waals surface area (Å²) in [6, 6.07) is 9.96. The monoisotopic (exact) mass is 254 g/mol. The van der Waals surface area contributed by atoms with Gasteiger partial charge < -0.3 is 15.1 Å². The van der Waals surface area contributed by atoms with E-state index in [1.165, 1.54) is 0 Å². The van der Waals surface area contributed by atoms with E-state index >= 15 is 0 Å². The largest absolute Gasteiger partial charge is 0.423 e. The highest BCUT2D eigenvalue weighted by atomic mass is 16.4. The van der Waals surface area contributed by atoms with Crippen LogP contribution in [0.1, 0.15) is 5.56 Å². The van der Waals surface area contributed by atoms with Gasteiger partial charge in [-0.15, -0.1) is 0 Å². The smallest absolute Gasteiger partial charge is 0.298 e. The van der Waals surface area contributed by atoms with E-state index in [1.54, 1.807) is 12.3 Å². The Balaban J connectivity index is 1.87. The lowest BCUT2D eigenvalue weighted by Gasteiger charge is -2.13. The molecule has 0 atom stereocenters. The van der Waals surface area contributed by atoms with Crippen molar-refractivity contribution in [3.63, 3.8) is 0 Å². The number of oxazole rings is 1. The van der Waals surface area contributed by atoms with Crippen molar-refractivity contribution in [3.8, 4) is 0 Å². The van der Waals surface area contributed by atoms with E-state index in [0.717, 1.165) is 11.1 Å². The molecule has 3 aromatic rings.